The van der Waals surface area contributed by atoms with Gasteiger partial charge in [0.25, 0.3) is 5.91 Å². The number of nitrogens with zero attached hydrogens (tertiary/aromatic N) is 2. The molecule has 0 aliphatic carbocycles. The monoisotopic (exact) mass is 339 g/mol. The number of benzene rings is 1. The third kappa shape index (κ3) is 2.61. The maximum atomic E-state index is 12.3. The molecule has 4 rings (SSSR count). The van der Waals surface area contributed by atoms with Gasteiger partial charge in [-0.1, -0.05) is 17.7 Å². The fourth-order valence-electron chi connectivity index (χ4n) is 2.81. The Morgan fingerprint density at radius 2 is 2.17 bits per heavy atom. The second-order valence-electron chi connectivity index (χ2n) is 5.46. The quantitative estimate of drug-likeness (QED) is 0.627. The van der Waals surface area contributed by atoms with E-state index in [2.05, 4.69) is 25.8 Å². The van der Waals surface area contributed by atoms with Gasteiger partial charge in [0.05, 0.1) is 5.71 Å². The van der Waals surface area contributed by atoms with Crippen molar-refractivity contribution in [1.29, 1.82) is 0 Å². The van der Waals surface area contributed by atoms with E-state index in [0.717, 1.165) is 22.2 Å². The summed E-state index contributed by atoms with van der Waals surface area (Å²) in [5.41, 5.74) is 5.88. The lowest BCUT2D eigenvalue weighted by Crippen LogP contribution is -2.23. The Balaban J connectivity index is 1.84. The maximum absolute atomic E-state index is 12.3. The van der Waals surface area contributed by atoms with Crippen LogP contribution in [0.25, 0.3) is 10.9 Å². The maximum Gasteiger partial charge on any atom is 0.268 e. The van der Waals surface area contributed by atoms with E-state index in [-0.39, 0.29) is 5.91 Å². The van der Waals surface area contributed by atoms with Crippen molar-refractivity contribution >= 4 is 39.9 Å². The van der Waals surface area contributed by atoms with E-state index in [1.807, 2.05) is 30.3 Å². The summed E-state index contributed by atoms with van der Waals surface area (Å²) < 4.78 is 0. The highest BCUT2D eigenvalue weighted by Crippen LogP contribution is 2.28. The normalized spacial score (nSPS) is 15.9. The van der Waals surface area contributed by atoms with Crippen LogP contribution in [0.3, 0.4) is 0 Å². The molecule has 0 atom stereocenters. The molecular formula is C17H14ClN5O. The van der Waals surface area contributed by atoms with Crippen LogP contribution in [0.5, 0.6) is 0 Å². The number of rotatable bonds is 2. The number of fused-ring (bicyclic) bond motifs is 3. The van der Waals surface area contributed by atoms with Crippen LogP contribution in [-0.4, -0.2) is 28.1 Å². The third-order valence-electron chi connectivity index (χ3n) is 3.89. The predicted molar refractivity (Wildman–Crippen MR) is 94.7 cm³/mol. The Morgan fingerprint density at radius 3 is 3.00 bits per heavy atom. The van der Waals surface area contributed by atoms with Crippen LogP contribution in [0.4, 0.5) is 5.82 Å². The van der Waals surface area contributed by atoms with Crippen LogP contribution in [0.1, 0.15) is 22.5 Å². The molecule has 1 aliphatic heterocycles. The highest BCUT2D eigenvalue weighted by molar-refractivity contribution is 6.32. The van der Waals surface area contributed by atoms with Gasteiger partial charge in [-0.3, -0.25) is 10.2 Å². The summed E-state index contributed by atoms with van der Waals surface area (Å²) in [5, 5.41) is 8.87. The Morgan fingerprint density at radius 1 is 1.25 bits per heavy atom. The molecular weight excluding hydrogens is 326 g/mol. The average Bonchev–Trinajstić information content (AvgIpc) is 2.89. The van der Waals surface area contributed by atoms with E-state index in [1.54, 1.807) is 12.3 Å². The smallest absolute Gasteiger partial charge is 0.268 e. The van der Waals surface area contributed by atoms with E-state index < -0.39 is 0 Å². The molecule has 2 aromatic heterocycles. The van der Waals surface area contributed by atoms with Crippen LogP contribution < -0.4 is 10.7 Å². The molecule has 1 aromatic carbocycles. The number of pyridine rings is 1. The first-order chi connectivity index (χ1) is 11.7. The minimum atomic E-state index is -0.139. The van der Waals surface area contributed by atoms with E-state index in [4.69, 9.17) is 11.6 Å². The first kappa shape index (κ1) is 14.7. The highest BCUT2D eigenvalue weighted by atomic mass is 35.5. The van der Waals surface area contributed by atoms with Gasteiger partial charge in [-0.05, 0) is 30.3 Å². The zero-order valence-electron chi connectivity index (χ0n) is 12.6. The second-order valence-corrected chi connectivity index (χ2v) is 5.89. The molecule has 1 amide bonds. The lowest BCUT2D eigenvalue weighted by Gasteiger charge is -2.05. The summed E-state index contributed by atoms with van der Waals surface area (Å²) in [6.07, 6.45) is 2.30. The van der Waals surface area contributed by atoms with Crippen molar-refractivity contribution in [1.82, 2.24) is 15.3 Å². The number of nitrogens with one attached hydrogen (secondary N) is 3. The van der Waals surface area contributed by atoms with Crippen molar-refractivity contribution in [3.05, 3.63) is 58.9 Å². The highest BCUT2D eigenvalue weighted by Gasteiger charge is 2.25. The SMILES string of the molecule is O=C1NCC/C(=N/Nc2ccccn2)c2c1[nH]c1ccc(Cl)cc21. The minimum Gasteiger partial charge on any atom is -0.350 e. The number of amides is 1. The third-order valence-corrected chi connectivity index (χ3v) is 4.13. The summed E-state index contributed by atoms with van der Waals surface area (Å²) in [7, 11) is 0. The summed E-state index contributed by atoms with van der Waals surface area (Å²) in [6, 6.07) is 11.1. The number of hydrogen-bond acceptors (Lipinski definition) is 4. The lowest BCUT2D eigenvalue weighted by atomic mass is 10.0. The number of hydrogen-bond donors (Lipinski definition) is 3. The number of aromatic amines is 1. The molecule has 0 unspecified atom stereocenters. The molecule has 0 saturated heterocycles. The van der Waals surface area contributed by atoms with Gasteiger partial charge in [-0.15, -0.1) is 0 Å². The van der Waals surface area contributed by atoms with Crippen molar-refractivity contribution in [3.63, 3.8) is 0 Å². The zero-order chi connectivity index (χ0) is 16.5. The fourth-order valence-corrected chi connectivity index (χ4v) is 2.98. The molecule has 3 heterocycles. The van der Waals surface area contributed by atoms with Crippen LogP contribution in [0.2, 0.25) is 5.02 Å². The van der Waals surface area contributed by atoms with Crippen LogP contribution in [0.15, 0.2) is 47.7 Å². The number of aromatic nitrogens is 2. The molecule has 0 spiro atoms. The molecule has 0 fully saturated rings. The minimum absolute atomic E-state index is 0.139. The number of carbonyl (C=O) groups excluding carboxylic acids is 1. The standard InChI is InChI=1S/C17H14ClN5O/c18-10-4-5-12-11(9-10)15-13(6-8-20-17(24)16(15)21-12)22-23-14-3-1-2-7-19-14/h1-5,7,9,21H,6,8H2,(H,19,23)(H,20,24)/b22-13-. The summed E-state index contributed by atoms with van der Waals surface area (Å²) in [6.45, 7) is 0.520. The van der Waals surface area contributed by atoms with Crippen LogP contribution >= 0.6 is 11.6 Å². The summed E-state index contributed by atoms with van der Waals surface area (Å²) in [4.78, 5) is 19.7. The van der Waals surface area contributed by atoms with Gasteiger partial charge in [0.1, 0.15) is 11.5 Å². The van der Waals surface area contributed by atoms with Crippen molar-refractivity contribution in [2.75, 3.05) is 12.0 Å². The molecule has 7 heteroatoms. The molecule has 6 nitrogen and oxygen atoms in total. The number of hydrazone groups is 1. The van der Waals surface area contributed by atoms with Crippen molar-refractivity contribution in [3.8, 4) is 0 Å². The predicted octanol–water partition coefficient (Wildman–Crippen LogP) is 3.17. The molecule has 24 heavy (non-hydrogen) atoms. The van der Waals surface area contributed by atoms with E-state index >= 15 is 0 Å². The molecule has 0 bridgehead atoms. The first-order valence-corrected chi connectivity index (χ1v) is 7.93. The average molecular weight is 340 g/mol. The molecule has 3 N–H and O–H groups in total. The van der Waals surface area contributed by atoms with Crippen molar-refractivity contribution in [2.45, 2.75) is 6.42 Å². The lowest BCUT2D eigenvalue weighted by molar-refractivity contribution is 0.0952. The van der Waals surface area contributed by atoms with Crippen LogP contribution in [0, 0.1) is 0 Å². The Hall–Kier alpha value is -2.86. The van der Waals surface area contributed by atoms with E-state index in [0.29, 0.717) is 29.5 Å². The number of halogens is 1. The van der Waals surface area contributed by atoms with Gasteiger partial charge in [0.2, 0.25) is 0 Å². The van der Waals surface area contributed by atoms with Gasteiger partial charge >= 0.3 is 0 Å². The van der Waals surface area contributed by atoms with Gasteiger partial charge < -0.3 is 10.3 Å². The summed E-state index contributed by atoms with van der Waals surface area (Å²) >= 11 is 6.14. The van der Waals surface area contributed by atoms with E-state index in [9.17, 15) is 4.79 Å². The molecule has 0 saturated carbocycles. The number of carbonyl (C=O) groups is 1. The molecule has 3 aromatic rings. The largest absolute Gasteiger partial charge is 0.350 e. The zero-order valence-corrected chi connectivity index (χ0v) is 13.4. The van der Waals surface area contributed by atoms with Gasteiger partial charge in [0, 0.05) is 40.7 Å². The van der Waals surface area contributed by atoms with Gasteiger partial charge in [0.15, 0.2) is 0 Å². The van der Waals surface area contributed by atoms with Crippen LogP contribution in [-0.2, 0) is 0 Å². The van der Waals surface area contributed by atoms with Crippen molar-refractivity contribution in [2.24, 2.45) is 5.10 Å². The first-order valence-electron chi connectivity index (χ1n) is 7.56. The second kappa shape index (κ2) is 5.98. The molecule has 1 aliphatic rings. The molecule has 0 radical (unpaired) electrons. The Bertz CT molecular complexity index is 948. The number of H-pyrrole nitrogens is 1. The van der Waals surface area contributed by atoms with E-state index in [1.165, 1.54) is 0 Å². The Labute approximate surface area is 142 Å². The topological polar surface area (TPSA) is 82.2 Å². The fraction of sp³-hybridized carbons (Fsp3) is 0.118. The summed E-state index contributed by atoms with van der Waals surface area (Å²) in [5.74, 6) is 0.508. The Kier molecular flexibility index (Phi) is 3.66. The van der Waals surface area contributed by atoms with Crippen molar-refractivity contribution < 1.29 is 4.79 Å². The van der Waals surface area contributed by atoms with Gasteiger partial charge in [-0.25, -0.2) is 4.98 Å². The number of anilines is 1. The molecule has 120 valence electrons. The van der Waals surface area contributed by atoms with Gasteiger partial charge in [-0.2, -0.15) is 5.10 Å².